The van der Waals surface area contributed by atoms with Crippen LogP contribution in [0.4, 0.5) is 0 Å². The summed E-state index contributed by atoms with van der Waals surface area (Å²) in [5.41, 5.74) is 0. The van der Waals surface area contributed by atoms with E-state index in [0.717, 1.165) is 19.4 Å². The standard InChI is InChI=1S/C13H23NO4/c1-10(2)7-14(11-5-3-4-6-11)12(15)8-18-9-13(16)17/h10-11H,3-9H2,1-2H3,(H,16,17). The van der Waals surface area contributed by atoms with Gasteiger partial charge in [0.05, 0.1) is 0 Å². The quantitative estimate of drug-likeness (QED) is 0.751. The highest BCUT2D eigenvalue weighted by Gasteiger charge is 2.27. The largest absolute Gasteiger partial charge is 0.480 e. The molecule has 1 fully saturated rings. The molecule has 1 aliphatic rings. The van der Waals surface area contributed by atoms with E-state index in [9.17, 15) is 9.59 Å². The van der Waals surface area contributed by atoms with Crippen molar-refractivity contribution in [3.05, 3.63) is 0 Å². The molecule has 0 aromatic carbocycles. The van der Waals surface area contributed by atoms with Gasteiger partial charge in [0.15, 0.2) is 0 Å². The maximum Gasteiger partial charge on any atom is 0.329 e. The van der Waals surface area contributed by atoms with Crippen LogP contribution in [0.5, 0.6) is 0 Å². The Morgan fingerprint density at radius 2 is 1.89 bits per heavy atom. The van der Waals surface area contributed by atoms with Gasteiger partial charge >= 0.3 is 5.97 Å². The average molecular weight is 257 g/mol. The lowest BCUT2D eigenvalue weighted by atomic mass is 10.1. The van der Waals surface area contributed by atoms with Crippen LogP contribution in [0.2, 0.25) is 0 Å². The van der Waals surface area contributed by atoms with E-state index in [1.54, 1.807) is 0 Å². The zero-order chi connectivity index (χ0) is 13.5. The molecule has 1 aliphatic carbocycles. The summed E-state index contributed by atoms with van der Waals surface area (Å²) in [4.78, 5) is 24.3. The van der Waals surface area contributed by atoms with Gasteiger partial charge in [-0.05, 0) is 18.8 Å². The molecule has 0 heterocycles. The molecular weight excluding hydrogens is 234 g/mol. The van der Waals surface area contributed by atoms with Crippen molar-refractivity contribution < 1.29 is 19.4 Å². The van der Waals surface area contributed by atoms with Gasteiger partial charge < -0.3 is 14.7 Å². The van der Waals surface area contributed by atoms with E-state index >= 15 is 0 Å². The summed E-state index contributed by atoms with van der Waals surface area (Å²) in [7, 11) is 0. The molecule has 5 heteroatoms. The molecule has 0 aromatic rings. The topological polar surface area (TPSA) is 66.8 Å². The minimum absolute atomic E-state index is 0.0862. The number of aliphatic carboxylic acids is 1. The third kappa shape index (κ3) is 5.04. The highest BCUT2D eigenvalue weighted by molar-refractivity contribution is 5.78. The average Bonchev–Trinajstić information content (AvgIpc) is 2.78. The second-order valence-corrected chi connectivity index (χ2v) is 5.26. The summed E-state index contributed by atoms with van der Waals surface area (Å²) in [5, 5.41) is 8.47. The summed E-state index contributed by atoms with van der Waals surface area (Å²) < 4.78 is 4.89. The van der Waals surface area contributed by atoms with Crippen molar-refractivity contribution in [2.75, 3.05) is 19.8 Å². The van der Waals surface area contributed by atoms with Crippen molar-refractivity contribution >= 4 is 11.9 Å². The van der Waals surface area contributed by atoms with E-state index in [1.807, 2.05) is 4.90 Å². The number of carboxylic acids is 1. The molecule has 0 spiro atoms. The van der Waals surface area contributed by atoms with Gasteiger partial charge in [-0.15, -0.1) is 0 Å². The maximum absolute atomic E-state index is 12.1. The molecule has 1 amide bonds. The normalized spacial score (nSPS) is 16.2. The van der Waals surface area contributed by atoms with E-state index in [0.29, 0.717) is 12.0 Å². The van der Waals surface area contributed by atoms with Crippen LogP contribution in [0.1, 0.15) is 39.5 Å². The number of carbonyl (C=O) groups excluding carboxylic acids is 1. The molecule has 0 atom stereocenters. The lowest BCUT2D eigenvalue weighted by Gasteiger charge is -2.30. The van der Waals surface area contributed by atoms with Crippen molar-refractivity contribution in [2.45, 2.75) is 45.6 Å². The van der Waals surface area contributed by atoms with E-state index in [4.69, 9.17) is 9.84 Å². The molecule has 18 heavy (non-hydrogen) atoms. The van der Waals surface area contributed by atoms with Crippen molar-refractivity contribution in [2.24, 2.45) is 5.92 Å². The van der Waals surface area contributed by atoms with Crippen LogP contribution in [-0.4, -0.2) is 47.7 Å². The van der Waals surface area contributed by atoms with Gasteiger partial charge in [0.1, 0.15) is 13.2 Å². The molecule has 0 aromatic heterocycles. The van der Waals surface area contributed by atoms with Crippen LogP contribution in [0.15, 0.2) is 0 Å². The lowest BCUT2D eigenvalue weighted by Crippen LogP contribution is -2.43. The molecule has 1 saturated carbocycles. The molecule has 5 nitrogen and oxygen atoms in total. The first-order chi connectivity index (χ1) is 8.50. The third-order valence-corrected chi connectivity index (χ3v) is 3.10. The van der Waals surface area contributed by atoms with Crippen molar-refractivity contribution in [3.8, 4) is 0 Å². The molecule has 0 bridgehead atoms. The van der Waals surface area contributed by atoms with E-state index < -0.39 is 12.6 Å². The van der Waals surface area contributed by atoms with Crippen LogP contribution in [0.25, 0.3) is 0 Å². The first-order valence-corrected chi connectivity index (χ1v) is 6.59. The number of hydrogen-bond acceptors (Lipinski definition) is 3. The van der Waals surface area contributed by atoms with Crippen LogP contribution in [0, 0.1) is 5.92 Å². The fourth-order valence-corrected chi connectivity index (χ4v) is 2.37. The Bertz CT molecular complexity index is 285. The Morgan fingerprint density at radius 1 is 1.28 bits per heavy atom. The minimum atomic E-state index is -1.04. The molecule has 0 saturated heterocycles. The second kappa shape index (κ2) is 7.36. The van der Waals surface area contributed by atoms with E-state index in [1.165, 1.54) is 12.8 Å². The third-order valence-electron chi connectivity index (χ3n) is 3.10. The van der Waals surface area contributed by atoms with Gasteiger partial charge in [0.2, 0.25) is 5.91 Å². The molecule has 0 radical (unpaired) electrons. The zero-order valence-electron chi connectivity index (χ0n) is 11.2. The maximum atomic E-state index is 12.1. The highest BCUT2D eigenvalue weighted by atomic mass is 16.5. The van der Waals surface area contributed by atoms with Gasteiger partial charge in [-0.25, -0.2) is 4.79 Å². The summed E-state index contributed by atoms with van der Waals surface area (Å²) in [6.45, 7) is 4.34. The van der Waals surface area contributed by atoms with Crippen molar-refractivity contribution in [1.82, 2.24) is 4.90 Å². The van der Waals surface area contributed by atoms with Gasteiger partial charge in [-0.1, -0.05) is 26.7 Å². The number of ether oxygens (including phenoxy) is 1. The Kier molecular flexibility index (Phi) is 6.12. The predicted octanol–water partition coefficient (Wildman–Crippen LogP) is 1.51. The SMILES string of the molecule is CC(C)CN(C(=O)COCC(=O)O)C1CCCC1. The molecule has 0 unspecified atom stereocenters. The Morgan fingerprint density at radius 3 is 2.39 bits per heavy atom. The molecular formula is C13H23NO4. The van der Waals surface area contributed by atoms with E-state index in [2.05, 4.69) is 13.8 Å². The van der Waals surface area contributed by atoms with Crippen molar-refractivity contribution in [1.29, 1.82) is 0 Å². The first-order valence-electron chi connectivity index (χ1n) is 6.59. The molecule has 104 valence electrons. The van der Waals surface area contributed by atoms with Gasteiger partial charge in [-0.2, -0.15) is 0 Å². The second-order valence-electron chi connectivity index (χ2n) is 5.26. The highest BCUT2D eigenvalue weighted by Crippen LogP contribution is 2.24. The fraction of sp³-hybridized carbons (Fsp3) is 0.846. The van der Waals surface area contributed by atoms with Gasteiger partial charge in [-0.3, -0.25) is 4.79 Å². The van der Waals surface area contributed by atoms with Crippen LogP contribution in [-0.2, 0) is 14.3 Å². The number of amides is 1. The summed E-state index contributed by atoms with van der Waals surface area (Å²) in [5.74, 6) is -0.718. The van der Waals surface area contributed by atoms with Crippen LogP contribution >= 0.6 is 0 Å². The fourth-order valence-electron chi connectivity index (χ4n) is 2.37. The zero-order valence-corrected chi connectivity index (χ0v) is 11.2. The number of carboxylic acid groups (broad SMARTS) is 1. The molecule has 1 rings (SSSR count). The number of hydrogen-bond donors (Lipinski definition) is 1. The van der Waals surface area contributed by atoms with Crippen LogP contribution < -0.4 is 0 Å². The van der Waals surface area contributed by atoms with Gasteiger partial charge in [0, 0.05) is 12.6 Å². The smallest absolute Gasteiger partial charge is 0.329 e. The van der Waals surface area contributed by atoms with Gasteiger partial charge in [0.25, 0.3) is 0 Å². The Labute approximate surface area is 108 Å². The van der Waals surface area contributed by atoms with Crippen LogP contribution in [0.3, 0.4) is 0 Å². The first kappa shape index (κ1) is 15.0. The Hall–Kier alpha value is -1.10. The van der Waals surface area contributed by atoms with Crippen molar-refractivity contribution in [3.63, 3.8) is 0 Å². The molecule has 1 N–H and O–H groups in total. The molecule has 0 aliphatic heterocycles. The number of nitrogens with zero attached hydrogens (tertiary/aromatic N) is 1. The lowest BCUT2D eigenvalue weighted by molar-refractivity contribution is -0.146. The number of carbonyl (C=O) groups is 2. The minimum Gasteiger partial charge on any atom is -0.480 e. The summed E-state index contributed by atoms with van der Waals surface area (Å²) >= 11 is 0. The summed E-state index contributed by atoms with van der Waals surface area (Å²) in [6, 6.07) is 0.313. The van der Waals surface area contributed by atoms with E-state index in [-0.39, 0.29) is 12.5 Å². The predicted molar refractivity (Wildman–Crippen MR) is 67.3 cm³/mol. The number of rotatable bonds is 7. The summed E-state index contributed by atoms with van der Waals surface area (Å²) in [6.07, 6.45) is 4.44. The Balaban J connectivity index is 2.47. The monoisotopic (exact) mass is 257 g/mol.